The molecule has 0 bridgehead atoms. The monoisotopic (exact) mass is 297 g/mol. The van der Waals surface area contributed by atoms with Crippen LogP contribution >= 0.6 is 0 Å². The molecule has 4 nitrogen and oxygen atoms in total. The number of aliphatic hydroxyl groups is 1. The van der Waals surface area contributed by atoms with Gasteiger partial charge in [0, 0.05) is 17.5 Å². The number of benzene rings is 2. The average molecular weight is 297 g/mol. The predicted octanol–water partition coefficient (Wildman–Crippen LogP) is 2.97. The standard InChI is InChI=1S/C18H19NO3/c1-11-9-12-7-8-16(20)19-17(12)14(10-11)18(21)13-5-3-4-6-15(13)22-2/h3-6,9-10,18,21H,7-8H2,1-2H3,(H,19,20). The number of amides is 1. The third-order valence-electron chi connectivity index (χ3n) is 4.01. The van der Waals surface area contributed by atoms with Gasteiger partial charge in [-0.05, 0) is 25.0 Å². The van der Waals surface area contributed by atoms with Gasteiger partial charge in [0.2, 0.25) is 5.91 Å². The van der Waals surface area contributed by atoms with Crippen LogP contribution in [-0.2, 0) is 11.2 Å². The number of anilines is 1. The van der Waals surface area contributed by atoms with E-state index in [0.717, 1.165) is 16.8 Å². The molecule has 0 aromatic heterocycles. The Labute approximate surface area is 129 Å². The van der Waals surface area contributed by atoms with Gasteiger partial charge < -0.3 is 15.2 Å². The molecule has 22 heavy (non-hydrogen) atoms. The highest BCUT2D eigenvalue weighted by atomic mass is 16.5. The van der Waals surface area contributed by atoms with Crippen molar-refractivity contribution in [3.63, 3.8) is 0 Å². The first-order valence-electron chi connectivity index (χ1n) is 7.34. The van der Waals surface area contributed by atoms with E-state index in [0.29, 0.717) is 29.7 Å². The molecule has 1 aliphatic rings. The molecule has 2 aromatic carbocycles. The highest BCUT2D eigenvalue weighted by Gasteiger charge is 2.24. The quantitative estimate of drug-likeness (QED) is 0.915. The van der Waals surface area contributed by atoms with Crippen molar-refractivity contribution in [2.24, 2.45) is 0 Å². The zero-order chi connectivity index (χ0) is 15.7. The Kier molecular flexibility index (Phi) is 3.86. The Morgan fingerprint density at radius 1 is 1.18 bits per heavy atom. The van der Waals surface area contributed by atoms with Gasteiger partial charge >= 0.3 is 0 Å². The van der Waals surface area contributed by atoms with Crippen LogP contribution in [0.15, 0.2) is 36.4 Å². The van der Waals surface area contributed by atoms with Gasteiger partial charge in [0.15, 0.2) is 0 Å². The van der Waals surface area contributed by atoms with Crippen LogP contribution in [0.5, 0.6) is 5.75 Å². The maximum absolute atomic E-state index is 11.7. The summed E-state index contributed by atoms with van der Waals surface area (Å²) < 4.78 is 5.34. The summed E-state index contributed by atoms with van der Waals surface area (Å²) in [5.41, 5.74) is 4.29. The minimum atomic E-state index is -0.844. The lowest BCUT2D eigenvalue weighted by Gasteiger charge is -2.24. The average Bonchev–Trinajstić information content (AvgIpc) is 2.53. The highest BCUT2D eigenvalue weighted by Crippen LogP contribution is 2.37. The zero-order valence-electron chi connectivity index (χ0n) is 12.7. The fourth-order valence-corrected chi connectivity index (χ4v) is 2.97. The van der Waals surface area contributed by atoms with Crippen molar-refractivity contribution >= 4 is 11.6 Å². The number of aliphatic hydroxyl groups excluding tert-OH is 1. The van der Waals surface area contributed by atoms with Crippen LogP contribution in [0.4, 0.5) is 5.69 Å². The second-order valence-corrected chi connectivity index (χ2v) is 5.58. The Bertz CT molecular complexity index is 724. The summed E-state index contributed by atoms with van der Waals surface area (Å²) in [5, 5.41) is 13.7. The molecule has 1 aliphatic heterocycles. The predicted molar refractivity (Wildman–Crippen MR) is 85.2 cm³/mol. The molecular weight excluding hydrogens is 278 g/mol. The van der Waals surface area contributed by atoms with Crippen molar-refractivity contribution in [1.82, 2.24) is 0 Å². The molecule has 0 saturated carbocycles. The molecule has 0 radical (unpaired) electrons. The normalized spacial score (nSPS) is 15.0. The summed E-state index contributed by atoms with van der Waals surface area (Å²) in [5.74, 6) is 0.622. The minimum Gasteiger partial charge on any atom is -0.496 e. The largest absolute Gasteiger partial charge is 0.496 e. The molecule has 1 atom stereocenters. The lowest BCUT2D eigenvalue weighted by Crippen LogP contribution is -2.21. The Hall–Kier alpha value is -2.33. The van der Waals surface area contributed by atoms with Crippen LogP contribution in [0, 0.1) is 6.92 Å². The Balaban J connectivity index is 2.11. The number of methoxy groups -OCH3 is 1. The van der Waals surface area contributed by atoms with Crippen molar-refractivity contribution in [1.29, 1.82) is 0 Å². The van der Waals surface area contributed by atoms with E-state index in [-0.39, 0.29) is 5.91 Å². The number of rotatable bonds is 3. The Morgan fingerprint density at radius 3 is 2.73 bits per heavy atom. The topological polar surface area (TPSA) is 58.6 Å². The number of carbonyl (C=O) groups excluding carboxylic acids is 1. The molecule has 3 rings (SSSR count). The van der Waals surface area contributed by atoms with Gasteiger partial charge in [0.25, 0.3) is 0 Å². The SMILES string of the molecule is COc1ccccc1C(O)c1cc(C)cc2c1NC(=O)CC2. The highest BCUT2D eigenvalue weighted by molar-refractivity contribution is 5.95. The molecule has 4 heteroatoms. The number of hydrogen-bond acceptors (Lipinski definition) is 3. The molecule has 0 spiro atoms. The van der Waals surface area contributed by atoms with E-state index in [2.05, 4.69) is 11.4 Å². The first kappa shape index (κ1) is 14.6. The maximum atomic E-state index is 11.7. The van der Waals surface area contributed by atoms with Crippen molar-refractivity contribution in [3.8, 4) is 5.75 Å². The summed E-state index contributed by atoms with van der Waals surface area (Å²) in [6, 6.07) is 11.4. The molecule has 2 N–H and O–H groups in total. The third-order valence-corrected chi connectivity index (χ3v) is 4.01. The molecule has 1 unspecified atom stereocenters. The first-order chi connectivity index (χ1) is 10.6. The van der Waals surface area contributed by atoms with Gasteiger partial charge in [-0.15, -0.1) is 0 Å². The molecule has 0 fully saturated rings. The number of fused-ring (bicyclic) bond motifs is 1. The fraction of sp³-hybridized carbons (Fsp3) is 0.278. The third kappa shape index (κ3) is 2.57. The van der Waals surface area contributed by atoms with Crippen LogP contribution in [0.3, 0.4) is 0 Å². The summed E-state index contributed by atoms with van der Waals surface area (Å²) >= 11 is 0. The van der Waals surface area contributed by atoms with E-state index in [1.54, 1.807) is 7.11 Å². The fourth-order valence-electron chi connectivity index (χ4n) is 2.97. The number of para-hydroxylation sites is 1. The number of carbonyl (C=O) groups is 1. The van der Waals surface area contributed by atoms with Gasteiger partial charge in [-0.1, -0.05) is 35.9 Å². The molecule has 2 aromatic rings. The van der Waals surface area contributed by atoms with E-state index >= 15 is 0 Å². The Morgan fingerprint density at radius 2 is 1.95 bits per heavy atom. The molecular formula is C18H19NO3. The summed E-state index contributed by atoms with van der Waals surface area (Å²) in [6.07, 6.45) is 0.345. The molecule has 1 amide bonds. The van der Waals surface area contributed by atoms with Crippen LogP contribution in [0.2, 0.25) is 0 Å². The van der Waals surface area contributed by atoms with E-state index < -0.39 is 6.10 Å². The maximum Gasteiger partial charge on any atom is 0.224 e. The van der Waals surface area contributed by atoms with Gasteiger partial charge in [0.05, 0.1) is 12.8 Å². The molecule has 114 valence electrons. The molecule has 1 heterocycles. The van der Waals surface area contributed by atoms with E-state index in [9.17, 15) is 9.90 Å². The number of hydrogen-bond donors (Lipinski definition) is 2. The minimum absolute atomic E-state index is 0.00942. The summed E-state index contributed by atoms with van der Waals surface area (Å²) in [7, 11) is 1.58. The second kappa shape index (κ2) is 5.81. The van der Waals surface area contributed by atoms with Crippen molar-refractivity contribution in [2.75, 3.05) is 12.4 Å². The summed E-state index contributed by atoms with van der Waals surface area (Å²) in [6.45, 7) is 2.00. The van der Waals surface area contributed by atoms with E-state index in [4.69, 9.17) is 4.74 Å². The second-order valence-electron chi connectivity index (χ2n) is 5.58. The van der Waals surface area contributed by atoms with Crippen molar-refractivity contribution < 1.29 is 14.6 Å². The number of ether oxygens (including phenoxy) is 1. The lowest BCUT2D eigenvalue weighted by atomic mass is 9.91. The van der Waals surface area contributed by atoms with Gasteiger partial charge in [-0.25, -0.2) is 0 Å². The first-order valence-corrected chi connectivity index (χ1v) is 7.34. The van der Waals surface area contributed by atoms with Crippen LogP contribution in [0.1, 0.15) is 34.8 Å². The van der Waals surface area contributed by atoms with Crippen molar-refractivity contribution in [3.05, 3.63) is 58.7 Å². The number of aryl methyl sites for hydroxylation is 2. The van der Waals surface area contributed by atoms with E-state index in [1.165, 1.54) is 0 Å². The van der Waals surface area contributed by atoms with Crippen LogP contribution in [-0.4, -0.2) is 18.1 Å². The van der Waals surface area contributed by atoms with Gasteiger partial charge in [-0.2, -0.15) is 0 Å². The smallest absolute Gasteiger partial charge is 0.224 e. The van der Waals surface area contributed by atoms with Crippen LogP contribution in [0.25, 0.3) is 0 Å². The number of nitrogens with one attached hydrogen (secondary N) is 1. The zero-order valence-corrected chi connectivity index (χ0v) is 12.7. The van der Waals surface area contributed by atoms with Crippen LogP contribution < -0.4 is 10.1 Å². The van der Waals surface area contributed by atoms with Gasteiger partial charge in [-0.3, -0.25) is 4.79 Å². The van der Waals surface area contributed by atoms with Crippen molar-refractivity contribution in [2.45, 2.75) is 25.9 Å². The molecule has 0 aliphatic carbocycles. The van der Waals surface area contributed by atoms with E-state index in [1.807, 2.05) is 37.3 Å². The van der Waals surface area contributed by atoms with Gasteiger partial charge in [0.1, 0.15) is 11.9 Å². The summed E-state index contributed by atoms with van der Waals surface area (Å²) in [4.78, 5) is 11.7. The molecule has 0 saturated heterocycles. The lowest BCUT2D eigenvalue weighted by molar-refractivity contribution is -0.116.